The molecule has 0 saturated heterocycles. The van der Waals surface area contributed by atoms with E-state index in [9.17, 15) is 4.79 Å². The van der Waals surface area contributed by atoms with E-state index in [0.717, 1.165) is 22.2 Å². The topological polar surface area (TPSA) is 44.1 Å². The van der Waals surface area contributed by atoms with E-state index in [1.165, 1.54) is 0 Å². The van der Waals surface area contributed by atoms with Gasteiger partial charge in [0, 0.05) is 16.5 Å². The van der Waals surface area contributed by atoms with E-state index in [2.05, 4.69) is 5.10 Å². The van der Waals surface area contributed by atoms with Crippen LogP contribution in [0.1, 0.15) is 22.8 Å². The summed E-state index contributed by atoms with van der Waals surface area (Å²) in [6.45, 7) is 2.13. The molecule has 0 radical (unpaired) electrons. The van der Waals surface area contributed by atoms with Gasteiger partial charge in [-0.2, -0.15) is 5.10 Å². The predicted molar refractivity (Wildman–Crippen MR) is 81.8 cm³/mol. The normalized spacial score (nSPS) is 10.8. The number of carbonyl (C=O) groups excluding carboxylic acids is 1. The van der Waals surface area contributed by atoms with Gasteiger partial charge in [-0.1, -0.05) is 18.2 Å². The highest BCUT2D eigenvalue weighted by Gasteiger charge is 2.10. The summed E-state index contributed by atoms with van der Waals surface area (Å²) in [6, 6.07) is 13.5. The first-order valence-corrected chi connectivity index (χ1v) is 6.77. The molecule has 0 aliphatic carbocycles. The number of aromatic nitrogens is 2. The van der Waals surface area contributed by atoms with Gasteiger partial charge in [-0.15, -0.1) is 0 Å². The molecular weight excluding hydrogens is 264 g/mol. The third kappa shape index (κ3) is 2.52. The first-order valence-electron chi connectivity index (χ1n) is 6.77. The molecule has 106 valence electrons. The average molecular weight is 280 g/mol. The zero-order valence-electron chi connectivity index (χ0n) is 12.0. The molecule has 0 aliphatic heterocycles. The molecule has 1 aromatic heterocycles. The van der Waals surface area contributed by atoms with Gasteiger partial charge in [-0.3, -0.25) is 9.48 Å². The molecular formula is C17H16N2O2. The molecule has 1 heterocycles. The number of carbonyl (C=O) groups is 1. The van der Waals surface area contributed by atoms with Gasteiger partial charge in [-0.25, -0.2) is 0 Å². The maximum absolute atomic E-state index is 11.5. The summed E-state index contributed by atoms with van der Waals surface area (Å²) >= 11 is 0. The standard InChI is InChI=1S/C17H16N2O2/c1-12(20)13-7-8-17(21-2)15(9-13)11-19-16-6-4-3-5-14(16)10-18-19/h3-10H,11H2,1-2H3. The Morgan fingerprint density at radius 1 is 1.24 bits per heavy atom. The highest BCUT2D eigenvalue weighted by Crippen LogP contribution is 2.23. The molecule has 21 heavy (non-hydrogen) atoms. The summed E-state index contributed by atoms with van der Waals surface area (Å²) in [4.78, 5) is 11.5. The van der Waals surface area contributed by atoms with Crippen molar-refractivity contribution in [1.82, 2.24) is 9.78 Å². The van der Waals surface area contributed by atoms with Crippen LogP contribution in [0.3, 0.4) is 0 Å². The average Bonchev–Trinajstić information content (AvgIpc) is 2.90. The fraction of sp³-hybridized carbons (Fsp3) is 0.176. The fourth-order valence-corrected chi connectivity index (χ4v) is 2.43. The molecule has 0 N–H and O–H groups in total. The Balaban J connectivity index is 2.04. The minimum Gasteiger partial charge on any atom is -0.496 e. The molecule has 0 fully saturated rings. The highest BCUT2D eigenvalue weighted by molar-refractivity contribution is 5.94. The molecule has 0 saturated carbocycles. The smallest absolute Gasteiger partial charge is 0.159 e. The largest absolute Gasteiger partial charge is 0.496 e. The van der Waals surface area contributed by atoms with Gasteiger partial charge < -0.3 is 4.74 Å². The third-order valence-corrected chi connectivity index (χ3v) is 3.56. The van der Waals surface area contributed by atoms with Crippen molar-refractivity contribution in [2.24, 2.45) is 0 Å². The maximum Gasteiger partial charge on any atom is 0.159 e. The van der Waals surface area contributed by atoms with Crippen LogP contribution >= 0.6 is 0 Å². The Morgan fingerprint density at radius 2 is 2.05 bits per heavy atom. The van der Waals surface area contributed by atoms with Gasteiger partial charge >= 0.3 is 0 Å². The lowest BCUT2D eigenvalue weighted by atomic mass is 10.1. The lowest BCUT2D eigenvalue weighted by Gasteiger charge is -2.11. The van der Waals surface area contributed by atoms with Crippen LogP contribution in [0.5, 0.6) is 5.75 Å². The molecule has 0 atom stereocenters. The Hall–Kier alpha value is -2.62. The van der Waals surface area contributed by atoms with Gasteiger partial charge in [0.1, 0.15) is 5.75 Å². The van der Waals surface area contributed by atoms with Crippen molar-refractivity contribution in [2.75, 3.05) is 7.11 Å². The second-order valence-electron chi connectivity index (χ2n) is 4.94. The molecule has 0 unspecified atom stereocenters. The zero-order valence-corrected chi connectivity index (χ0v) is 12.0. The van der Waals surface area contributed by atoms with E-state index >= 15 is 0 Å². The number of ketones is 1. The number of nitrogens with zero attached hydrogens (tertiary/aromatic N) is 2. The van der Waals surface area contributed by atoms with Crippen molar-refractivity contribution in [3.63, 3.8) is 0 Å². The number of hydrogen-bond donors (Lipinski definition) is 0. The van der Waals surface area contributed by atoms with Crippen molar-refractivity contribution < 1.29 is 9.53 Å². The number of fused-ring (bicyclic) bond motifs is 1. The molecule has 0 amide bonds. The Bertz CT molecular complexity index is 805. The van der Waals surface area contributed by atoms with E-state index in [-0.39, 0.29) is 5.78 Å². The molecule has 3 rings (SSSR count). The predicted octanol–water partition coefficient (Wildman–Crippen LogP) is 3.30. The zero-order chi connectivity index (χ0) is 14.8. The van der Waals surface area contributed by atoms with Gasteiger partial charge in [0.2, 0.25) is 0 Å². The third-order valence-electron chi connectivity index (χ3n) is 3.56. The molecule has 0 bridgehead atoms. The molecule has 2 aromatic carbocycles. The van der Waals surface area contributed by atoms with Gasteiger partial charge in [-0.05, 0) is 31.2 Å². The quantitative estimate of drug-likeness (QED) is 0.689. The van der Waals surface area contributed by atoms with Gasteiger partial charge in [0.05, 0.1) is 25.4 Å². The lowest BCUT2D eigenvalue weighted by Crippen LogP contribution is -2.05. The number of methoxy groups -OCH3 is 1. The molecule has 3 aromatic rings. The molecule has 0 aliphatic rings. The van der Waals surface area contributed by atoms with Crippen LogP contribution in [-0.4, -0.2) is 22.7 Å². The van der Waals surface area contributed by atoms with Gasteiger partial charge in [0.15, 0.2) is 5.78 Å². The van der Waals surface area contributed by atoms with E-state index < -0.39 is 0 Å². The summed E-state index contributed by atoms with van der Waals surface area (Å²) in [5.74, 6) is 0.809. The van der Waals surface area contributed by atoms with Crippen molar-refractivity contribution in [3.05, 3.63) is 59.8 Å². The van der Waals surface area contributed by atoms with Crippen LogP contribution in [0, 0.1) is 0 Å². The Labute approximate surface area is 123 Å². The number of benzene rings is 2. The SMILES string of the molecule is COc1ccc(C(C)=O)cc1Cn1ncc2ccccc21. The first kappa shape index (κ1) is 13.4. The second kappa shape index (κ2) is 5.40. The van der Waals surface area contributed by atoms with E-state index in [4.69, 9.17) is 4.74 Å². The summed E-state index contributed by atoms with van der Waals surface area (Å²) in [5.41, 5.74) is 2.69. The number of hydrogen-bond acceptors (Lipinski definition) is 3. The summed E-state index contributed by atoms with van der Waals surface area (Å²) < 4.78 is 7.30. The number of para-hydroxylation sites is 1. The Kier molecular flexibility index (Phi) is 3.44. The van der Waals surface area contributed by atoms with Crippen molar-refractivity contribution in [2.45, 2.75) is 13.5 Å². The first-order chi connectivity index (χ1) is 10.2. The number of rotatable bonds is 4. The lowest BCUT2D eigenvalue weighted by molar-refractivity contribution is 0.101. The van der Waals surface area contributed by atoms with Crippen molar-refractivity contribution in [1.29, 1.82) is 0 Å². The van der Waals surface area contributed by atoms with Crippen LogP contribution in [0.4, 0.5) is 0 Å². The van der Waals surface area contributed by atoms with Crippen molar-refractivity contribution in [3.8, 4) is 5.75 Å². The summed E-state index contributed by atoms with van der Waals surface area (Å²) in [7, 11) is 1.63. The van der Waals surface area contributed by atoms with Crippen LogP contribution in [0.2, 0.25) is 0 Å². The number of Topliss-reactive ketones (excluding diaryl/α,β-unsaturated/α-hetero) is 1. The summed E-state index contributed by atoms with van der Waals surface area (Å²) in [6.07, 6.45) is 1.84. The maximum atomic E-state index is 11.5. The van der Waals surface area contributed by atoms with Gasteiger partial charge in [0.25, 0.3) is 0 Å². The Morgan fingerprint density at radius 3 is 2.81 bits per heavy atom. The van der Waals surface area contributed by atoms with Crippen LogP contribution < -0.4 is 4.74 Å². The minimum atomic E-state index is 0.0456. The van der Waals surface area contributed by atoms with E-state index in [0.29, 0.717) is 12.1 Å². The molecule has 4 nitrogen and oxygen atoms in total. The van der Waals surface area contributed by atoms with Crippen LogP contribution in [0.15, 0.2) is 48.7 Å². The molecule has 0 spiro atoms. The van der Waals surface area contributed by atoms with E-state index in [1.807, 2.05) is 47.3 Å². The van der Waals surface area contributed by atoms with Crippen LogP contribution in [-0.2, 0) is 6.54 Å². The number of ether oxygens (including phenoxy) is 1. The molecule has 4 heteroatoms. The monoisotopic (exact) mass is 280 g/mol. The highest BCUT2D eigenvalue weighted by atomic mass is 16.5. The van der Waals surface area contributed by atoms with Crippen molar-refractivity contribution >= 4 is 16.7 Å². The minimum absolute atomic E-state index is 0.0456. The van der Waals surface area contributed by atoms with Crippen LogP contribution in [0.25, 0.3) is 10.9 Å². The second-order valence-corrected chi connectivity index (χ2v) is 4.94. The van der Waals surface area contributed by atoms with E-state index in [1.54, 1.807) is 20.1 Å². The fourth-order valence-electron chi connectivity index (χ4n) is 2.43. The summed E-state index contributed by atoms with van der Waals surface area (Å²) in [5, 5.41) is 5.51.